The molecule has 1 aromatic heterocycles. The average Bonchev–Trinajstić information content (AvgIpc) is 2.71. The molecule has 0 bridgehead atoms. The molecule has 19 heavy (non-hydrogen) atoms. The van der Waals surface area contributed by atoms with Crippen molar-refractivity contribution in [3.63, 3.8) is 0 Å². The van der Waals surface area contributed by atoms with Gasteiger partial charge in [-0.25, -0.2) is 0 Å². The van der Waals surface area contributed by atoms with Gasteiger partial charge >= 0.3 is 0 Å². The minimum absolute atomic E-state index is 0.0322. The molecule has 1 aromatic rings. The predicted octanol–water partition coefficient (Wildman–Crippen LogP) is 1.46. The maximum atomic E-state index is 12.4. The highest BCUT2D eigenvalue weighted by atomic mass is 16.2. The van der Waals surface area contributed by atoms with Crippen LogP contribution in [-0.4, -0.2) is 33.7 Å². The lowest BCUT2D eigenvalue weighted by molar-refractivity contribution is -0.132. The van der Waals surface area contributed by atoms with Crippen LogP contribution in [0, 0.1) is 5.92 Å². The second-order valence-corrected chi connectivity index (χ2v) is 5.46. The predicted molar refractivity (Wildman–Crippen MR) is 74.3 cm³/mol. The summed E-state index contributed by atoms with van der Waals surface area (Å²) in [4.78, 5) is 14.3. The molecular formula is C14H24N4O. The van der Waals surface area contributed by atoms with Gasteiger partial charge in [-0.2, -0.15) is 5.10 Å². The molecule has 2 unspecified atom stereocenters. The van der Waals surface area contributed by atoms with Crippen LogP contribution in [0.5, 0.6) is 0 Å². The lowest BCUT2D eigenvalue weighted by Crippen LogP contribution is -2.39. The van der Waals surface area contributed by atoms with Crippen molar-refractivity contribution in [2.45, 2.75) is 38.6 Å². The number of nitrogens with zero attached hydrogens (tertiary/aromatic N) is 3. The fraction of sp³-hybridized carbons (Fsp3) is 0.714. The molecular weight excluding hydrogens is 240 g/mol. The lowest BCUT2D eigenvalue weighted by atomic mass is 9.98. The zero-order chi connectivity index (χ0) is 13.8. The Kier molecular flexibility index (Phi) is 4.58. The van der Waals surface area contributed by atoms with E-state index in [1.54, 1.807) is 10.9 Å². The molecule has 0 saturated carbocycles. The first-order chi connectivity index (χ1) is 9.11. The van der Waals surface area contributed by atoms with E-state index in [0.29, 0.717) is 0 Å². The molecule has 0 aliphatic carbocycles. The first-order valence-electron chi connectivity index (χ1n) is 7.14. The molecule has 0 aromatic carbocycles. The molecule has 106 valence electrons. The summed E-state index contributed by atoms with van der Waals surface area (Å²) in [6.07, 6.45) is 8.11. The molecule has 2 heterocycles. The molecule has 1 aliphatic heterocycles. The minimum Gasteiger partial charge on any atom is -0.341 e. The number of nitrogens with two attached hydrogens (primary N) is 1. The fourth-order valence-corrected chi connectivity index (χ4v) is 2.73. The van der Waals surface area contributed by atoms with Crippen molar-refractivity contribution in [2.24, 2.45) is 18.7 Å². The van der Waals surface area contributed by atoms with E-state index in [0.717, 1.165) is 37.4 Å². The number of likely N-dealkylation sites (tertiary alicyclic amines) is 1. The number of rotatable bonds is 3. The van der Waals surface area contributed by atoms with E-state index in [-0.39, 0.29) is 5.91 Å². The summed E-state index contributed by atoms with van der Waals surface area (Å²) < 4.78 is 1.68. The standard InChI is InChI=1S/C14H24N4O/c1-3-11-5-4-7-18(8-6-11)14(19)13(15)12-9-16-17(2)10-12/h9-11,13H,3-8,15H2,1-2H3. The van der Waals surface area contributed by atoms with E-state index in [9.17, 15) is 4.79 Å². The second-order valence-electron chi connectivity index (χ2n) is 5.46. The fourth-order valence-electron chi connectivity index (χ4n) is 2.73. The second kappa shape index (κ2) is 6.19. The SMILES string of the molecule is CCC1CCCN(C(=O)C(N)c2cnn(C)c2)CC1. The Bertz CT molecular complexity index is 429. The van der Waals surface area contributed by atoms with E-state index in [2.05, 4.69) is 12.0 Å². The zero-order valence-corrected chi connectivity index (χ0v) is 11.9. The molecule has 0 radical (unpaired) electrons. The molecule has 5 heteroatoms. The normalized spacial score (nSPS) is 22.1. The van der Waals surface area contributed by atoms with Crippen LogP contribution >= 0.6 is 0 Å². The van der Waals surface area contributed by atoms with E-state index >= 15 is 0 Å². The van der Waals surface area contributed by atoms with Gasteiger partial charge in [0.25, 0.3) is 0 Å². The number of amides is 1. The van der Waals surface area contributed by atoms with Crippen molar-refractivity contribution in [2.75, 3.05) is 13.1 Å². The van der Waals surface area contributed by atoms with Crippen LogP contribution in [0.25, 0.3) is 0 Å². The smallest absolute Gasteiger partial charge is 0.244 e. The van der Waals surface area contributed by atoms with Crippen molar-refractivity contribution in [1.82, 2.24) is 14.7 Å². The zero-order valence-electron chi connectivity index (χ0n) is 11.9. The number of carbonyl (C=O) groups excluding carboxylic acids is 1. The first-order valence-corrected chi connectivity index (χ1v) is 7.14. The van der Waals surface area contributed by atoms with Gasteiger partial charge in [0.1, 0.15) is 6.04 Å². The number of aromatic nitrogens is 2. The maximum absolute atomic E-state index is 12.4. The van der Waals surface area contributed by atoms with E-state index < -0.39 is 6.04 Å². The molecule has 1 aliphatic rings. The molecule has 2 N–H and O–H groups in total. The number of aryl methyl sites for hydroxylation is 1. The third kappa shape index (κ3) is 3.35. The number of hydrogen-bond donors (Lipinski definition) is 1. The van der Waals surface area contributed by atoms with Crippen LogP contribution < -0.4 is 5.73 Å². The molecule has 5 nitrogen and oxygen atoms in total. The van der Waals surface area contributed by atoms with Gasteiger partial charge in [0.05, 0.1) is 6.20 Å². The molecule has 0 spiro atoms. The van der Waals surface area contributed by atoms with Crippen molar-refractivity contribution in [1.29, 1.82) is 0 Å². The van der Waals surface area contributed by atoms with Crippen LogP contribution in [0.2, 0.25) is 0 Å². The molecule has 1 saturated heterocycles. The Morgan fingerprint density at radius 1 is 1.53 bits per heavy atom. The van der Waals surface area contributed by atoms with E-state index in [1.807, 2.05) is 18.1 Å². The molecule has 1 amide bonds. The number of hydrogen-bond acceptors (Lipinski definition) is 3. The topological polar surface area (TPSA) is 64.2 Å². The van der Waals surface area contributed by atoms with Gasteiger partial charge < -0.3 is 10.6 Å². The van der Waals surface area contributed by atoms with Gasteiger partial charge in [-0.05, 0) is 25.2 Å². The summed E-state index contributed by atoms with van der Waals surface area (Å²) >= 11 is 0. The average molecular weight is 264 g/mol. The molecule has 1 fully saturated rings. The Hall–Kier alpha value is -1.36. The molecule has 2 rings (SSSR count). The Morgan fingerprint density at radius 3 is 2.95 bits per heavy atom. The number of carbonyl (C=O) groups is 1. The molecule has 2 atom stereocenters. The Morgan fingerprint density at radius 2 is 2.32 bits per heavy atom. The minimum atomic E-state index is -0.577. The van der Waals surface area contributed by atoms with Crippen LogP contribution in [0.1, 0.15) is 44.2 Å². The van der Waals surface area contributed by atoms with Crippen LogP contribution in [0.15, 0.2) is 12.4 Å². The highest BCUT2D eigenvalue weighted by Crippen LogP contribution is 2.22. The summed E-state index contributed by atoms with van der Waals surface area (Å²) in [5.41, 5.74) is 6.85. The third-order valence-electron chi connectivity index (χ3n) is 4.09. The highest BCUT2D eigenvalue weighted by molar-refractivity contribution is 5.82. The van der Waals surface area contributed by atoms with Gasteiger partial charge in [0.2, 0.25) is 5.91 Å². The van der Waals surface area contributed by atoms with Crippen molar-refractivity contribution in [3.8, 4) is 0 Å². The van der Waals surface area contributed by atoms with E-state index in [4.69, 9.17) is 5.73 Å². The quantitative estimate of drug-likeness (QED) is 0.899. The van der Waals surface area contributed by atoms with Gasteiger partial charge in [-0.1, -0.05) is 13.3 Å². The summed E-state index contributed by atoms with van der Waals surface area (Å²) in [7, 11) is 1.83. The Balaban J connectivity index is 1.99. The first kappa shape index (κ1) is 14.1. The summed E-state index contributed by atoms with van der Waals surface area (Å²) in [6.45, 7) is 3.90. The van der Waals surface area contributed by atoms with Gasteiger partial charge in [-0.15, -0.1) is 0 Å². The summed E-state index contributed by atoms with van der Waals surface area (Å²) in [6, 6.07) is -0.577. The van der Waals surface area contributed by atoms with Crippen molar-refractivity contribution in [3.05, 3.63) is 18.0 Å². The van der Waals surface area contributed by atoms with Gasteiger partial charge in [-0.3, -0.25) is 9.48 Å². The van der Waals surface area contributed by atoms with Crippen molar-refractivity contribution >= 4 is 5.91 Å². The lowest BCUT2D eigenvalue weighted by Gasteiger charge is -2.23. The van der Waals surface area contributed by atoms with Gasteiger partial charge in [0, 0.05) is 31.9 Å². The summed E-state index contributed by atoms with van der Waals surface area (Å²) in [5, 5.41) is 4.07. The van der Waals surface area contributed by atoms with Gasteiger partial charge in [0.15, 0.2) is 0 Å². The van der Waals surface area contributed by atoms with Crippen LogP contribution in [0.4, 0.5) is 0 Å². The Labute approximate surface area is 114 Å². The summed E-state index contributed by atoms with van der Waals surface area (Å²) in [5.74, 6) is 0.789. The monoisotopic (exact) mass is 264 g/mol. The van der Waals surface area contributed by atoms with Crippen LogP contribution in [-0.2, 0) is 11.8 Å². The van der Waals surface area contributed by atoms with Crippen LogP contribution in [0.3, 0.4) is 0 Å². The van der Waals surface area contributed by atoms with Crippen molar-refractivity contribution < 1.29 is 4.79 Å². The largest absolute Gasteiger partial charge is 0.341 e. The highest BCUT2D eigenvalue weighted by Gasteiger charge is 2.25. The maximum Gasteiger partial charge on any atom is 0.244 e. The third-order valence-corrected chi connectivity index (χ3v) is 4.09. The van der Waals surface area contributed by atoms with E-state index in [1.165, 1.54) is 12.8 Å².